The molecule has 0 aliphatic heterocycles. The molecule has 2 rings (SSSR count). The SMILES string of the molecule is COC(=O)c1c(C)[nH]n(-c2ccccc2)c1=O. The second kappa shape index (κ2) is 4.29. The van der Waals surface area contributed by atoms with Gasteiger partial charge in [0.2, 0.25) is 0 Å². The van der Waals surface area contributed by atoms with Gasteiger partial charge in [0, 0.05) is 5.69 Å². The molecule has 0 aliphatic rings. The minimum absolute atomic E-state index is 0.0383. The molecule has 0 saturated heterocycles. The molecule has 0 amide bonds. The molecule has 1 aromatic heterocycles. The first-order chi connectivity index (χ1) is 8.15. The van der Waals surface area contributed by atoms with Crippen molar-refractivity contribution in [3.8, 4) is 5.69 Å². The number of aryl methyl sites for hydroxylation is 1. The average molecular weight is 232 g/mol. The molecule has 0 unspecified atom stereocenters. The van der Waals surface area contributed by atoms with E-state index < -0.39 is 11.5 Å². The Bertz CT molecular complexity index is 596. The number of aromatic amines is 1. The second-order valence-electron chi connectivity index (χ2n) is 3.58. The minimum atomic E-state index is -0.626. The molecule has 0 saturated carbocycles. The van der Waals surface area contributed by atoms with E-state index in [2.05, 4.69) is 9.84 Å². The number of hydrogen-bond donors (Lipinski definition) is 1. The van der Waals surface area contributed by atoms with Gasteiger partial charge in [0.05, 0.1) is 12.8 Å². The predicted molar refractivity (Wildman–Crippen MR) is 62.5 cm³/mol. The fourth-order valence-electron chi connectivity index (χ4n) is 1.65. The van der Waals surface area contributed by atoms with Gasteiger partial charge in [-0.15, -0.1) is 0 Å². The van der Waals surface area contributed by atoms with Crippen LogP contribution in [0.3, 0.4) is 0 Å². The lowest BCUT2D eigenvalue weighted by atomic mass is 10.2. The van der Waals surface area contributed by atoms with Crippen LogP contribution in [-0.2, 0) is 4.74 Å². The van der Waals surface area contributed by atoms with Crippen LogP contribution in [0, 0.1) is 6.92 Å². The highest BCUT2D eigenvalue weighted by Gasteiger charge is 2.19. The third-order valence-electron chi connectivity index (χ3n) is 2.48. The van der Waals surface area contributed by atoms with E-state index in [0.29, 0.717) is 11.4 Å². The molecular weight excluding hydrogens is 220 g/mol. The molecule has 1 aromatic carbocycles. The maximum Gasteiger partial charge on any atom is 0.345 e. The van der Waals surface area contributed by atoms with Gasteiger partial charge in [-0.3, -0.25) is 9.89 Å². The Hall–Kier alpha value is -2.30. The van der Waals surface area contributed by atoms with E-state index in [9.17, 15) is 9.59 Å². The third-order valence-corrected chi connectivity index (χ3v) is 2.48. The lowest BCUT2D eigenvalue weighted by Gasteiger charge is -1.99. The zero-order valence-electron chi connectivity index (χ0n) is 9.56. The molecular formula is C12H12N2O3. The molecule has 88 valence electrons. The summed E-state index contributed by atoms with van der Waals surface area (Å²) >= 11 is 0. The summed E-state index contributed by atoms with van der Waals surface area (Å²) in [7, 11) is 1.25. The van der Waals surface area contributed by atoms with E-state index in [1.165, 1.54) is 11.8 Å². The maximum atomic E-state index is 12.0. The normalized spacial score (nSPS) is 10.2. The van der Waals surface area contributed by atoms with Crippen LogP contribution in [0.5, 0.6) is 0 Å². The summed E-state index contributed by atoms with van der Waals surface area (Å²) in [6.45, 7) is 1.66. The van der Waals surface area contributed by atoms with E-state index in [0.717, 1.165) is 0 Å². The summed E-state index contributed by atoms with van der Waals surface area (Å²) < 4.78 is 5.90. The van der Waals surface area contributed by atoms with E-state index in [1.54, 1.807) is 19.1 Å². The first-order valence-electron chi connectivity index (χ1n) is 5.10. The predicted octanol–water partition coefficient (Wildman–Crippen LogP) is 1.26. The Kier molecular flexibility index (Phi) is 2.82. The van der Waals surface area contributed by atoms with E-state index in [-0.39, 0.29) is 5.56 Å². The number of para-hydroxylation sites is 1. The number of carbonyl (C=O) groups excluding carboxylic acids is 1. The molecule has 0 aliphatic carbocycles. The van der Waals surface area contributed by atoms with Gasteiger partial charge in [-0.2, -0.15) is 0 Å². The van der Waals surface area contributed by atoms with Gasteiger partial charge in [0.15, 0.2) is 0 Å². The summed E-state index contributed by atoms with van der Waals surface area (Å²) in [4.78, 5) is 23.5. The molecule has 1 N–H and O–H groups in total. The molecule has 0 radical (unpaired) electrons. The average Bonchev–Trinajstić information content (AvgIpc) is 2.65. The molecule has 5 heteroatoms. The summed E-state index contributed by atoms with van der Waals surface area (Å²) in [5.74, 6) is -0.626. The molecule has 1 heterocycles. The van der Waals surface area contributed by atoms with Gasteiger partial charge in [-0.1, -0.05) is 18.2 Å². The van der Waals surface area contributed by atoms with Crippen molar-refractivity contribution in [2.75, 3.05) is 7.11 Å². The Morgan fingerprint density at radius 2 is 1.94 bits per heavy atom. The number of carbonyl (C=O) groups is 1. The molecule has 5 nitrogen and oxygen atoms in total. The zero-order chi connectivity index (χ0) is 12.4. The van der Waals surface area contributed by atoms with Crippen molar-refractivity contribution in [3.05, 3.63) is 51.9 Å². The number of benzene rings is 1. The number of H-pyrrole nitrogens is 1. The fraction of sp³-hybridized carbons (Fsp3) is 0.167. The van der Waals surface area contributed by atoms with Gasteiger partial charge >= 0.3 is 5.97 Å². The standard InChI is InChI=1S/C12H12N2O3/c1-8-10(12(16)17-2)11(15)14(13-8)9-6-4-3-5-7-9/h3-7,13H,1-2H3. The summed E-state index contributed by atoms with van der Waals surface area (Å²) in [5.41, 5.74) is 0.804. The van der Waals surface area contributed by atoms with E-state index >= 15 is 0 Å². The van der Waals surface area contributed by atoms with Crippen LogP contribution < -0.4 is 5.56 Å². The quantitative estimate of drug-likeness (QED) is 0.793. The van der Waals surface area contributed by atoms with Crippen LogP contribution in [-0.4, -0.2) is 22.9 Å². The summed E-state index contributed by atoms with van der Waals surface area (Å²) in [5, 5.41) is 2.85. The lowest BCUT2D eigenvalue weighted by Crippen LogP contribution is -2.20. The van der Waals surface area contributed by atoms with E-state index in [1.807, 2.05) is 18.2 Å². The number of methoxy groups -OCH3 is 1. The number of rotatable bonds is 2. The van der Waals surface area contributed by atoms with Crippen LogP contribution in [0.25, 0.3) is 5.69 Å². The van der Waals surface area contributed by atoms with Crippen molar-refractivity contribution >= 4 is 5.97 Å². The Labute approximate surface area is 97.6 Å². The molecule has 0 fully saturated rings. The Morgan fingerprint density at radius 3 is 2.53 bits per heavy atom. The first-order valence-corrected chi connectivity index (χ1v) is 5.10. The van der Waals surface area contributed by atoms with Crippen molar-refractivity contribution < 1.29 is 9.53 Å². The number of ether oxygens (including phenoxy) is 1. The Morgan fingerprint density at radius 1 is 1.29 bits per heavy atom. The largest absolute Gasteiger partial charge is 0.465 e. The fourth-order valence-corrected chi connectivity index (χ4v) is 1.65. The first kappa shape index (κ1) is 11.2. The number of hydrogen-bond acceptors (Lipinski definition) is 3. The number of aromatic nitrogens is 2. The highest BCUT2D eigenvalue weighted by Crippen LogP contribution is 2.07. The van der Waals surface area contributed by atoms with Crippen molar-refractivity contribution in [2.45, 2.75) is 6.92 Å². The topological polar surface area (TPSA) is 64.1 Å². The monoisotopic (exact) mass is 232 g/mol. The number of nitrogens with zero attached hydrogens (tertiary/aromatic N) is 1. The van der Waals surface area contributed by atoms with Crippen molar-refractivity contribution in [3.63, 3.8) is 0 Å². The minimum Gasteiger partial charge on any atom is -0.465 e. The van der Waals surface area contributed by atoms with Gasteiger partial charge < -0.3 is 4.74 Å². The second-order valence-corrected chi connectivity index (χ2v) is 3.58. The van der Waals surface area contributed by atoms with Crippen LogP contribution in [0.2, 0.25) is 0 Å². The van der Waals surface area contributed by atoms with Crippen LogP contribution in [0.15, 0.2) is 35.1 Å². The van der Waals surface area contributed by atoms with Gasteiger partial charge in [-0.05, 0) is 19.1 Å². The summed E-state index contributed by atoms with van der Waals surface area (Å²) in [6, 6.07) is 9.04. The highest BCUT2D eigenvalue weighted by molar-refractivity contribution is 5.90. The molecule has 17 heavy (non-hydrogen) atoms. The van der Waals surface area contributed by atoms with Crippen LogP contribution in [0.4, 0.5) is 0 Å². The van der Waals surface area contributed by atoms with Gasteiger partial charge in [0.1, 0.15) is 5.56 Å². The van der Waals surface area contributed by atoms with Crippen LogP contribution >= 0.6 is 0 Å². The number of nitrogens with one attached hydrogen (secondary N) is 1. The number of esters is 1. The lowest BCUT2D eigenvalue weighted by molar-refractivity contribution is 0.0598. The van der Waals surface area contributed by atoms with Crippen molar-refractivity contribution in [1.82, 2.24) is 9.78 Å². The molecule has 0 bridgehead atoms. The maximum absolute atomic E-state index is 12.0. The van der Waals surface area contributed by atoms with Crippen LogP contribution in [0.1, 0.15) is 16.1 Å². The van der Waals surface area contributed by atoms with Crippen molar-refractivity contribution in [2.24, 2.45) is 0 Å². The zero-order valence-corrected chi connectivity index (χ0v) is 9.56. The molecule has 0 atom stereocenters. The smallest absolute Gasteiger partial charge is 0.345 e. The Balaban J connectivity index is 2.60. The van der Waals surface area contributed by atoms with Gasteiger partial charge in [-0.25, -0.2) is 9.48 Å². The molecule has 0 spiro atoms. The van der Waals surface area contributed by atoms with Crippen molar-refractivity contribution in [1.29, 1.82) is 0 Å². The van der Waals surface area contributed by atoms with E-state index in [4.69, 9.17) is 0 Å². The highest BCUT2D eigenvalue weighted by atomic mass is 16.5. The summed E-state index contributed by atoms with van der Waals surface area (Å²) in [6.07, 6.45) is 0. The van der Waals surface area contributed by atoms with Gasteiger partial charge in [0.25, 0.3) is 5.56 Å². The third kappa shape index (κ3) is 1.87. The molecule has 2 aromatic rings.